The van der Waals surface area contributed by atoms with Crippen LogP contribution in [0, 0.1) is 5.82 Å². The Morgan fingerprint density at radius 2 is 1.90 bits per heavy atom. The summed E-state index contributed by atoms with van der Waals surface area (Å²) in [6, 6.07) is 9.10. The van der Waals surface area contributed by atoms with Crippen LogP contribution in [0.25, 0.3) is 0 Å². The third-order valence-electron chi connectivity index (χ3n) is 3.14. The first-order valence-corrected chi connectivity index (χ1v) is 6.56. The van der Waals surface area contributed by atoms with Crippen molar-refractivity contribution in [2.24, 2.45) is 0 Å². The van der Waals surface area contributed by atoms with Crippen molar-refractivity contribution in [2.75, 3.05) is 13.2 Å². The molecule has 0 aliphatic carbocycles. The first-order chi connectivity index (χ1) is 9.66. The molecule has 1 atom stereocenters. The zero-order valence-corrected chi connectivity index (χ0v) is 11.2. The predicted molar refractivity (Wildman–Crippen MR) is 72.9 cm³/mol. The van der Waals surface area contributed by atoms with Crippen molar-refractivity contribution in [3.05, 3.63) is 58.4 Å². The summed E-state index contributed by atoms with van der Waals surface area (Å²) in [5.41, 5.74) is 0.809. The van der Waals surface area contributed by atoms with Gasteiger partial charge < -0.3 is 14.6 Å². The van der Waals surface area contributed by atoms with Gasteiger partial charge in [-0.1, -0.05) is 23.7 Å². The number of fused-ring (bicyclic) bond motifs is 1. The van der Waals surface area contributed by atoms with E-state index in [1.807, 2.05) is 0 Å². The molecule has 0 saturated heterocycles. The molecule has 0 fully saturated rings. The number of aliphatic hydroxyl groups excluding tert-OH is 1. The highest BCUT2D eigenvalue weighted by Crippen LogP contribution is 2.40. The van der Waals surface area contributed by atoms with E-state index in [0.717, 1.165) is 0 Å². The molecule has 0 aromatic heterocycles. The lowest BCUT2D eigenvalue weighted by Gasteiger charge is -2.23. The minimum atomic E-state index is -1.07. The Labute approximate surface area is 120 Å². The topological polar surface area (TPSA) is 38.7 Å². The number of hydrogen-bond donors (Lipinski definition) is 1. The van der Waals surface area contributed by atoms with Gasteiger partial charge in [-0.25, -0.2) is 4.39 Å². The van der Waals surface area contributed by atoms with Crippen LogP contribution in [0.2, 0.25) is 5.02 Å². The lowest BCUT2D eigenvalue weighted by atomic mass is 10.00. The summed E-state index contributed by atoms with van der Waals surface area (Å²) < 4.78 is 24.3. The highest BCUT2D eigenvalue weighted by Gasteiger charge is 2.23. The zero-order chi connectivity index (χ0) is 14.1. The van der Waals surface area contributed by atoms with Crippen molar-refractivity contribution in [3.63, 3.8) is 0 Å². The van der Waals surface area contributed by atoms with Crippen molar-refractivity contribution in [3.8, 4) is 11.5 Å². The summed E-state index contributed by atoms with van der Waals surface area (Å²) in [5, 5.41) is 10.8. The number of halogens is 2. The molecule has 1 N–H and O–H groups in total. The van der Waals surface area contributed by atoms with E-state index in [1.165, 1.54) is 18.2 Å². The Morgan fingerprint density at radius 3 is 2.75 bits per heavy atom. The molecule has 20 heavy (non-hydrogen) atoms. The number of aliphatic hydroxyl groups is 1. The lowest BCUT2D eigenvalue weighted by Crippen LogP contribution is -2.17. The van der Waals surface area contributed by atoms with Crippen LogP contribution in [-0.4, -0.2) is 18.3 Å². The fourth-order valence-corrected chi connectivity index (χ4v) is 2.42. The lowest BCUT2D eigenvalue weighted by molar-refractivity contribution is 0.158. The summed E-state index contributed by atoms with van der Waals surface area (Å²) in [7, 11) is 0. The number of ether oxygens (including phenoxy) is 2. The first-order valence-electron chi connectivity index (χ1n) is 6.18. The van der Waals surface area contributed by atoms with Gasteiger partial charge in [-0.05, 0) is 24.3 Å². The van der Waals surface area contributed by atoms with Crippen molar-refractivity contribution in [2.45, 2.75) is 6.10 Å². The SMILES string of the molecule is OC(c1cc(F)ccc1Cl)c1cccc2c1OCCO2. The largest absolute Gasteiger partial charge is 0.486 e. The first kappa shape index (κ1) is 13.2. The summed E-state index contributed by atoms with van der Waals surface area (Å²) in [5.74, 6) is 0.595. The van der Waals surface area contributed by atoms with Gasteiger partial charge >= 0.3 is 0 Å². The van der Waals surface area contributed by atoms with E-state index < -0.39 is 11.9 Å². The Morgan fingerprint density at radius 1 is 1.10 bits per heavy atom. The molecule has 1 heterocycles. The molecular weight excluding hydrogens is 283 g/mol. The van der Waals surface area contributed by atoms with Gasteiger partial charge in [0.1, 0.15) is 25.1 Å². The maximum Gasteiger partial charge on any atom is 0.167 e. The van der Waals surface area contributed by atoms with Gasteiger partial charge in [0.05, 0.1) is 0 Å². The van der Waals surface area contributed by atoms with Gasteiger partial charge in [0.2, 0.25) is 0 Å². The average molecular weight is 295 g/mol. The normalized spacial score (nSPS) is 14.9. The van der Waals surface area contributed by atoms with Crippen LogP contribution in [0.4, 0.5) is 4.39 Å². The molecule has 1 aliphatic rings. The van der Waals surface area contributed by atoms with Crippen molar-refractivity contribution >= 4 is 11.6 Å². The molecule has 3 nitrogen and oxygen atoms in total. The molecule has 0 radical (unpaired) electrons. The Kier molecular flexibility index (Phi) is 3.51. The summed E-state index contributed by atoms with van der Waals surface area (Å²) >= 11 is 6.03. The molecule has 104 valence electrons. The molecule has 5 heteroatoms. The fourth-order valence-electron chi connectivity index (χ4n) is 2.20. The molecule has 2 aromatic carbocycles. The average Bonchev–Trinajstić information content (AvgIpc) is 2.48. The second-order valence-corrected chi connectivity index (χ2v) is 4.85. The Balaban J connectivity index is 2.06. The second-order valence-electron chi connectivity index (χ2n) is 4.44. The molecule has 2 aromatic rings. The minimum Gasteiger partial charge on any atom is -0.486 e. The summed E-state index contributed by atoms with van der Waals surface area (Å²) in [6.45, 7) is 0.876. The van der Waals surface area contributed by atoms with Gasteiger partial charge in [0.15, 0.2) is 11.5 Å². The van der Waals surface area contributed by atoms with E-state index in [-0.39, 0.29) is 0 Å². The maximum absolute atomic E-state index is 13.3. The van der Waals surface area contributed by atoms with Crippen molar-refractivity contribution < 1.29 is 19.0 Å². The van der Waals surface area contributed by atoms with Crippen LogP contribution in [0.1, 0.15) is 17.2 Å². The Bertz CT molecular complexity index is 645. The molecule has 0 spiro atoms. The van der Waals surface area contributed by atoms with E-state index in [0.29, 0.717) is 40.9 Å². The van der Waals surface area contributed by atoms with Gasteiger partial charge in [-0.3, -0.25) is 0 Å². The van der Waals surface area contributed by atoms with E-state index in [9.17, 15) is 9.50 Å². The highest BCUT2D eigenvalue weighted by atomic mass is 35.5. The smallest absolute Gasteiger partial charge is 0.167 e. The number of rotatable bonds is 2. The Hall–Kier alpha value is -1.78. The number of hydrogen-bond acceptors (Lipinski definition) is 3. The maximum atomic E-state index is 13.3. The fraction of sp³-hybridized carbons (Fsp3) is 0.200. The number of para-hydroxylation sites is 1. The molecule has 0 bridgehead atoms. The van der Waals surface area contributed by atoms with E-state index in [4.69, 9.17) is 21.1 Å². The van der Waals surface area contributed by atoms with Gasteiger partial charge in [0, 0.05) is 16.1 Å². The molecule has 0 saturated carbocycles. The molecule has 1 unspecified atom stereocenters. The van der Waals surface area contributed by atoms with E-state index in [1.54, 1.807) is 18.2 Å². The highest BCUT2D eigenvalue weighted by molar-refractivity contribution is 6.31. The quantitative estimate of drug-likeness (QED) is 0.923. The predicted octanol–water partition coefficient (Wildman–Crippen LogP) is 3.33. The standard InChI is InChI=1S/C15H12ClFO3/c16-12-5-4-9(17)8-11(12)14(18)10-2-1-3-13-15(10)20-7-6-19-13/h1-5,8,14,18H,6-7H2. The summed E-state index contributed by atoms with van der Waals surface area (Å²) in [4.78, 5) is 0. The van der Waals surface area contributed by atoms with Crippen LogP contribution in [0.15, 0.2) is 36.4 Å². The van der Waals surface area contributed by atoms with Crippen LogP contribution in [-0.2, 0) is 0 Å². The van der Waals surface area contributed by atoms with Crippen molar-refractivity contribution in [1.82, 2.24) is 0 Å². The van der Waals surface area contributed by atoms with Crippen LogP contribution in [0.5, 0.6) is 11.5 Å². The van der Waals surface area contributed by atoms with E-state index >= 15 is 0 Å². The number of benzene rings is 2. The van der Waals surface area contributed by atoms with Crippen LogP contribution in [0.3, 0.4) is 0 Å². The van der Waals surface area contributed by atoms with Gasteiger partial charge in [-0.15, -0.1) is 0 Å². The zero-order valence-electron chi connectivity index (χ0n) is 10.5. The summed E-state index contributed by atoms with van der Waals surface area (Å²) in [6.07, 6.45) is -1.07. The monoisotopic (exact) mass is 294 g/mol. The molecule has 1 aliphatic heterocycles. The minimum absolute atomic E-state index is 0.299. The molecule has 0 amide bonds. The van der Waals surface area contributed by atoms with Crippen LogP contribution < -0.4 is 9.47 Å². The third-order valence-corrected chi connectivity index (χ3v) is 3.49. The van der Waals surface area contributed by atoms with Gasteiger partial charge in [-0.2, -0.15) is 0 Å². The van der Waals surface area contributed by atoms with E-state index in [2.05, 4.69) is 0 Å². The molecular formula is C15H12ClFO3. The van der Waals surface area contributed by atoms with Crippen molar-refractivity contribution in [1.29, 1.82) is 0 Å². The third kappa shape index (κ3) is 2.32. The van der Waals surface area contributed by atoms with Crippen LogP contribution >= 0.6 is 11.6 Å². The second kappa shape index (κ2) is 5.31. The molecule has 3 rings (SSSR count). The van der Waals surface area contributed by atoms with Gasteiger partial charge in [0.25, 0.3) is 0 Å².